The number of likely N-dealkylation sites (tertiary alicyclic amines) is 2. The molecule has 1 spiro atoms. The molecule has 2 saturated heterocycles. The molecule has 23 heavy (non-hydrogen) atoms. The Labute approximate surface area is 142 Å². The van der Waals surface area contributed by atoms with Crippen LogP contribution in [0.25, 0.3) is 0 Å². The maximum Gasteiger partial charge on any atom is 0.209 e. The summed E-state index contributed by atoms with van der Waals surface area (Å²) in [6.45, 7) is 8.38. The second-order valence-electron chi connectivity index (χ2n) is 7.22. The van der Waals surface area contributed by atoms with Gasteiger partial charge in [-0.05, 0) is 30.9 Å². The standard InChI is InChI=1S/C18H26N2O2S/c1-2-15-9-16-17(23-15)3-8-22-18(16)4-6-19(7-5-18)10-14-11-20(12-14)13-21/h9,13-14H,2-8,10-12H2,1H3. The molecule has 4 nitrogen and oxygen atoms in total. The number of ether oxygens (including phenoxy) is 1. The van der Waals surface area contributed by atoms with E-state index in [9.17, 15) is 4.79 Å². The Morgan fingerprint density at radius 3 is 2.87 bits per heavy atom. The monoisotopic (exact) mass is 334 g/mol. The van der Waals surface area contributed by atoms with Crippen molar-refractivity contribution in [3.63, 3.8) is 0 Å². The maximum absolute atomic E-state index is 10.7. The van der Waals surface area contributed by atoms with Crippen LogP contribution in [0, 0.1) is 5.92 Å². The van der Waals surface area contributed by atoms with Gasteiger partial charge in [-0.1, -0.05) is 6.92 Å². The van der Waals surface area contributed by atoms with Gasteiger partial charge in [0.2, 0.25) is 6.41 Å². The van der Waals surface area contributed by atoms with E-state index >= 15 is 0 Å². The quantitative estimate of drug-likeness (QED) is 0.792. The molecule has 0 bridgehead atoms. The van der Waals surface area contributed by atoms with Crippen LogP contribution in [0.2, 0.25) is 0 Å². The number of aryl methyl sites for hydroxylation is 1. The highest BCUT2D eigenvalue weighted by Gasteiger charge is 2.42. The lowest BCUT2D eigenvalue weighted by Crippen LogP contribution is -2.53. The van der Waals surface area contributed by atoms with E-state index in [0.29, 0.717) is 5.92 Å². The summed E-state index contributed by atoms with van der Waals surface area (Å²) >= 11 is 2.00. The van der Waals surface area contributed by atoms with Gasteiger partial charge in [-0.2, -0.15) is 0 Å². The molecule has 0 aliphatic carbocycles. The van der Waals surface area contributed by atoms with Gasteiger partial charge in [-0.3, -0.25) is 4.79 Å². The molecule has 0 aromatic carbocycles. The van der Waals surface area contributed by atoms with E-state index in [4.69, 9.17) is 4.74 Å². The van der Waals surface area contributed by atoms with Crippen LogP contribution in [0.3, 0.4) is 0 Å². The molecule has 5 heteroatoms. The second kappa shape index (κ2) is 6.19. The molecule has 4 heterocycles. The minimum Gasteiger partial charge on any atom is -0.370 e. The largest absolute Gasteiger partial charge is 0.370 e. The zero-order chi connectivity index (χ0) is 15.9. The van der Waals surface area contributed by atoms with E-state index in [1.807, 2.05) is 16.2 Å². The fraction of sp³-hybridized carbons (Fsp3) is 0.722. The van der Waals surface area contributed by atoms with Crippen LogP contribution in [0.1, 0.15) is 35.1 Å². The first-order valence-electron chi connectivity index (χ1n) is 8.90. The first-order chi connectivity index (χ1) is 11.2. The third-order valence-corrected chi connectivity index (χ3v) is 7.06. The maximum atomic E-state index is 10.7. The van der Waals surface area contributed by atoms with E-state index in [0.717, 1.165) is 71.4 Å². The molecule has 0 N–H and O–H groups in total. The molecule has 1 aromatic heterocycles. The van der Waals surface area contributed by atoms with E-state index < -0.39 is 0 Å². The van der Waals surface area contributed by atoms with Crippen LogP contribution in [0.15, 0.2) is 6.07 Å². The SMILES string of the molecule is CCc1cc2c(s1)CCOC21CCN(CC2CN(C=O)C2)CC1. The zero-order valence-corrected chi connectivity index (χ0v) is 14.7. The number of rotatable bonds is 4. The van der Waals surface area contributed by atoms with Crippen molar-refractivity contribution in [1.29, 1.82) is 0 Å². The number of thiophene rings is 1. The van der Waals surface area contributed by atoms with Gasteiger partial charge >= 0.3 is 0 Å². The smallest absolute Gasteiger partial charge is 0.209 e. The molecule has 1 aromatic rings. The highest BCUT2D eigenvalue weighted by molar-refractivity contribution is 7.12. The van der Waals surface area contributed by atoms with Crippen molar-refractivity contribution < 1.29 is 9.53 Å². The molecule has 126 valence electrons. The Kier molecular flexibility index (Phi) is 4.20. The first-order valence-corrected chi connectivity index (χ1v) is 9.72. The minimum atomic E-state index is -0.0115. The average molecular weight is 334 g/mol. The van der Waals surface area contributed by atoms with Gasteiger partial charge in [0.25, 0.3) is 0 Å². The van der Waals surface area contributed by atoms with Gasteiger partial charge in [-0.15, -0.1) is 11.3 Å². The van der Waals surface area contributed by atoms with Crippen molar-refractivity contribution in [2.75, 3.05) is 39.3 Å². The van der Waals surface area contributed by atoms with E-state index in [1.165, 1.54) is 10.4 Å². The second-order valence-corrected chi connectivity index (χ2v) is 8.44. The van der Waals surface area contributed by atoms with Gasteiger partial charge in [0.05, 0.1) is 12.2 Å². The Bertz CT molecular complexity index is 572. The molecule has 0 unspecified atom stereocenters. The summed E-state index contributed by atoms with van der Waals surface area (Å²) in [4.78, 5) is 18.2. The molecular weight excluding hydrogens is 308 g/mol. The van der Waals surface area contributed by atoms with Crippen LogP contribution in [0.4, 0.5) is 0 Å². The molecule has 0 saturated carbocycles. The topological polar surface area (TPSA) is 32.8 Å². The van der Waals surface area contributed by atoms with Crippen molar-refractivity contribution in [1.82, 2.24) is 9.80 Å². The first kappa shape index (κ1) is 15.6. The van der Waals surface area contributed by atoms with E-state index in [1.54, 1.807) is 4.88 Å². The summed E-state index contributed by atoms with van der Waals surface area (Å²) in [5.74, 6) is 0.671. The predicted molar refractivity (Wildman–Crippen MR) is 91.8 cm³/mol. The zero-order valence-electron chi connectivity index (χ0n) is 13.9. The summed E-state index contributed by atoms with van der Waals surface area (Å²) < 4.78 is 6.34. The Morgan fingerprint density at radius 1 is 1.39 bits per heavy atom. The Balaban J connectivity index is 1.39. The molecule has 0 atom stereocenters. The highest BCUT2D eigenvalue weighted by atomic mass is 32.1. The number of piperidine rings is 1. The highest BCUT2D eigenvalue weighted by Crippen LogP contribution is 2.44. The predicted octanol–water partition coefficient (Wildman–Crippen LogP) is 2.26. The average Bonchev–Trinajstić information content (AvgIpc) is 2.97. The summed E-state index contributed by atoms with van der Waals surface area (Å²) in [5.41, 5.74) is 1.49. The van der Waals surface area contributed by atoms with Crippen molar-refractivity contribution in [3.05, 3.63) is 21.4 Å². The van der Waals surface area contributed by atoms with Gasteiger partial charge in [0.1, 0.15) is 0 Å². The summed E-state index contributed by atoms with van der Waals surface area (Å²) in [6, 6.07) is 2.42. The van der Waals surface area contributed by atoms with Crippen LogP contribution < -0.4 is 0 Å². The van der Waals surface area contributed by atoms with Crippen molar-refractivity contribution in [2.24, 2.45) is 5.92 Å². The lowest BCUT2D eigenvalue weighted by Gasteiger charge is -2.46. The Morgan fingerprint density at radius 2 is 2.17 bits per heavy atom. The fourth-order valence-electron chi connectivity index (χ4n) is 4.33. The van der Waals surface area contributed by atoms with Gasteiger partial charge in [0, 0.05) is 54.8 Å². The van der Waals surface area contributed by atoms with Gasteiger partial charge in [0.15, 0.2) is 0 Å². The Hall–Kier alpha value is -0.910. The van der Waals surface area contributed by atoms with Crippen LogP contribution in [-0.4, -0.2) is 55.5 Å². The molecule has 3 aliphatic rings. The van der Waals surface area contributed by atoms with Crippen LogP contribution in [0.5, 0.6) is 0 Å². The van der Waals surface area contributed by atoms with Crippen LogP contribution in [-0.2, 0) is 28.0 Å². The molecule has 0 radical (unpaired) electrons. The normalized spacial score (nSPS) is 24.5. The summed E-state index contributed by atoms with van der Waals surface area (Å²) in [7, 11) is 0. The molecule has 1 amide bonds. The van der Waals surface area contributed by atoms with Crippen LogP contribution >= 0.6 is 11.3 Å². The minimum absolute atomic E-state index is 0.0115. The lowest BCUT2D eigenvalue weighted by atomic mass is 9.82. The molecular formula is C18H26N2O2S. The summed E-state index contributed by atoms with van der Waals surface area (Å²) in [6.07, 6.45) is 5.43. The third-order valence-electron chi connectivity index (χ3n) is 5.72. The number of carbonyl (C=O) groups excluding carboxylic acids is 1. The number of nitrogens with zero attached hydrogens (tertiary/aromatic N) is 2. The van der Waals surface area contributed by atoms with E-state index in [-0.39, 0.29) is 5.60 Å². The number of hydrogen-bond acceptors (Lipinski definition) is 4. The third kappa shape index (κ3) is 2.83. The number of amides is 1. The van der Waals surface area contributed by atoms with Gasteiger partial charge < -0.3 is 14.5 Å². The van der Waals surface area contributed by atoms with Crippen molar-refractivity contribution in [3.8, 4) is 0 Å². The lowest BCUT2D eigenvalue weighted by molar-refractivity contribution is -0.125. The molecule has 4 rings (SSSR count). The number of hydrogen-bond donors (Lipinski definition) is 0. The number of fused-ring (bicyclic) bond motifs is 2. The summed E-state index contributed by atoms with van der Waals surface area (Å²) in [5, 5.41) is 0. The van der Waals surface area contributed by atoms with Gasteiger partial charge in [-0.25, -0.2) is 0 Å². The fourth-order valence-corrected chi connectivity index (χ4v) is 5.51. The molecule has 2 fully saturated rings. The number of carbonyl (C=O) groups is 1. The van der Waals surface area contributed by atoms with E-state index in [2.05, 4.69) is 17.9 Å². The van der Waals surface area contributed by atoms with Crippen molar-refractivity contribution >= 4 is 17.7 Å². The molecule has 3 aliphatic heterocycles. The van der Waals surface area contributed by atoms with Crippen molar-refractivity contribution in [2.45, 2.75) is 38.2 Å².